The van der Waals surface area contributed by atoms with E-state index in [2.05, 4.69) is 0 Å². The van der Waals surface area contributed by atoms with Crippen LogP contribution >= 0.6 is 0 Å². The first kappa shape index (κ1) is 17.7. The Morgan fingerprint density at radius 3 is 1.86 bits per heavy atom. The van der Waals surface area contributed by atoms with E-state index in [0.29, 0.717) is 24.3 Å². The topological polar surface area (TPSA) is 96.6 Å². The summed E-state index contributed by atoms with van der Waals surface area (Å²) in [7, 11) is -3.85. The summed E-state index contributed by atoms with van der Waals surface area (Å²) in [5, 5.41) is 0. The highest BCUT2D eigenvalue weighted by molar-refractivity contribution is 7.89. The van der Waals surface area contributed by atoms with Gasteiger partial charge in [-0.15, -0.1) is 0 Å². The lowest BCUT2D eigenvalue weighted by molar-refractivity contribution is 0.0979. The molecule has 2 atom stereocenters. The van der Waals surface area contributed by atoms with Crippen LogP contribution in [0.5, 0.6) is 0 Å². The maximum atomic E-state index is 13.2. The first-order valence-electron chi connectivity index (χ1n) is 9.01. The van der Waals surface area contributed by atoms with Crippen LogP contribution < -0.4 is 0 Å². The Kier molecular flexibility index (Phi) is 3.99. The van der Waals surface area contributed by atoms with Gasteiger partial charge in [-0.25, -0.2) is 8.42 Å². The molecule has 0 aromatic heterocycles. The fraction of sp³-hybridized carbons (Fsp3) is 0.300. The lowest BCUT2D eigenvalue weighted by atomic mass is 9.84. The molecule has 3 aliphatic rings. The van der Waals surface area contributed by atoms with E-state index in [-0.39, 0.29) is 52.9 Å². The Morgan fingerprint density at radius 1 is 0.821 bits per heavy atom. The van der Waals surface area contributed by atoms with Gasteiger partial charge < -0.3 is 9.47 Å². The largest absolute Gasteiger partial charge is 0.372 e. The zero-order valence-electron chi connectivity index (χ0n) is 14.8. The highest BCUT2D eigenvalue weighted by Gasteiger charge is 2.38. The lowest BCUT2D eigenvalue weighted by Gasteiger charge is -2.22. The molecule has 2 saturated heterocycles. The van der Waals surface area contributed by atoms with Gasteiger partial charge in [0.05, 0.1) is 30.3 Å². The molecular weight excluding hydrogens is 382 g/mol. The summed E-state index contributed by atoms with van der Waals surface area (Å²) in [5.41, 5.74) is 0.985. The van der Waals surface area contributed by atoms with Gasteiger partial charge in [0.15, 0.2) is 11.6 Å². The molecule has 28 heavy (non-hydrogen) atoms. The monoisotopic (exact) mass is 399 g/mol. The molecular formula is C20H17NO6S. The maximum Gasteiger partial charge on any atom is 0.243 e. The summed E-state index contributed by atoms with van der Waals surface area (Å²) < 4.78 is 38.1. The first-order valence-corrected chi connectivity index (χ1v) is 10.4. The van der Waals surface area contributed by atoms with Crippen LogP contribution in [0.2, 0.25) is 0 Å². The highest BCUT2D eigenvalue weighted by Crippen LogP contribution is 2.30. The van der Waals surface area contributed by atoms with Crippen LogP contribution in [0.3, 0.4) is 0 Å². The fourth-order valence-electron chi connectivity index (χ4n) is 3.46. The molecule has 2 heterocycles. The van der Waals surface area contributed by atoms with E-state index in [1.807, 2.05) is 0 Å². The molecule has 2 aliphatic heterocycles. The first-order chi connectivity index (χ1) is 13.4. The second-order valence-corrected chi connectivity index (χ2v) is 9.08. The third-order valence-electron chi connectivity index (χ3n) is 5.15. The lowest BCUT2D eigenvalue weighted by Crippen LogP contribution is -2.37. The Labute approximate surface area is 161 Å². The zero-order chi connectivity index (χ0) is 19.5. The van der Waals surface area contributed by atoms with Crippen molar-refractivity contribution in [2.45, 2.75) is 17.1 Å². The Hall–Kier alpha value is -2.39. The summed E-state index contributed by atoms with van der Waals surface area (Å²) in [4.78, 5) is 25.6. The zero-order valence-corrected chi connectivity index (χ0v) is 15.6. The molecule has 2 aromatic rings. The van der Waals surface area contributed by atoms with Gasteiger partial charge in [-0.2, -0.15) is 4.31 Å². The number of carbonyl (C=O) groups is 2. The molecule has 0 bridgehead atoms. The van der Waals surface area contributed by atoms with Crippen molar-refractivity contribution in [1.29, 1.82) is 0 Å². The van der Waals surface area contributed by atoms with E-state index in [1.54, 1.807) is 24.3 Å². The van der Waals surface area contributed by atoms with E-state index < -0.39 is 10.0 Å². The van der Waals surface area contributed by atoms with Gasteiger partial charge in [-0.1, -0.05) is 24.3 Å². The second kappa shape index (κ2) is 6.31. The standard InChI is InChI=1S/C20H17NO6S/c22-19-15-3-1-2-4-16(15)20(23)18-7-14(5-6-17(18)19)28(24,25)21(8-12-10-26-12)9-13-11-27-13/h1-7,12-13H,8-11H2. The Balaban J connectivity index is 1.54. The number of carbonyl (C=O) groups excluding carboxylic acids is 2. The molecule has 5 rings (SSSR count). The van der Waals surface area contributed by atoms with Crippen molar-refractivity contribution in [2.24, 2.45) is 0 Å². The number of fused-ring (bicyclic) bond motifs is 2. The number of sulfonamides is 1. The quantitative estimate of drug-likeness (QED) is 0.579. The predicted molar refractivity (Wildman–Crippen MR) is 98.0 cm³/mol. The number of benzene rings is 2. The van der Waals surface area contributed by atoms with Crippen LogP contribution in [-0.2, 0) is 19.5 Å². The minimum Gasteiger partial charge on any atom is -0.372 e. The molecule has 1 aliphatic carbocycles. The van der Waals surface area contributed by atoms with Gasteiger partial charge in [-0.3, -0.25) is 9.59 Å². The molecule has 0 spiro atoms. The van der Waals surface area contributed by atoms with E-state index in [1.165, 1.54) is 22.5 Å². The summed E-state index contributed by atoms with van der Waals surface area (Å²) in [6.07, 6.45) is -0.220. The highest BCUT2D eigenvalue weighted by atomic mass is 32.2. The fourth-order valence-corrected chi connectivity index (χ4v) is 4.99. The van der Waals surface area contributed by atoms with Gasteiger partial charge in [-0.05, 0) is 18.2 Å². The van der Waals surface area contributed by atoms with Crippen molar-refractivity contribution in [1.82, 2.24) is 4.31 Å². The van der Waals surface area contributed by atoms with Crippen molar-refractivity contribution in [3.63, 3.8) is 0 Å². The number of rotatable bonds is 6. The molecule has 2 aromatic carbocycles. The van der Waals surface area contributed by atoms with Crippen LogP contribution in [0.1, 0.15) is 31.8 Å². The average Bonchev–Trinajstić information content (AvgIpc) is 3.61. The van der Waals surface area contributed by atoms with Crippen LogP contribution in [-0.4, -0.2) is 62.8 Å². The van der Waals surface area contributed by atoms with E-state index in [4.69, 9.17) is 9.47 Å². The molecule has 2 unspecified atom stereocenters. The number of ether oxygens (including phenoxy) is 2. The smallest absolute Gasteiger partial charge is 0.243 e. The summed E-state index contributed by atoms with van der Waals surface area (Å²) in [6, 6.07) is 10.7. The van der Waals surface area contributed by atoms with Crippen molar-refractivity contribution >= 4 is 21.6 Å². The van der Waals surface area contributed by atoms with Gasteiger partial charge in [0.25, 0.3) is 0 Å². The van der Waals surface area contributed by atoms with Crippen molar-refractivity contribution in [3.8, 4) is 0 Å². The van der Waals surface area contributed by atoms with Gasteiger partial charge in [0.2, 0.25) is 10.0 Å². The molecule has 8 heteroatoms. The van der Waals surface area contributed by atoms with Gasteiger partial charge in [0, 0.05) is 35.3 Å². The average molecular weight is 399 g/mol. The normalized spacial score (nSPS) is 22.8. The summed E-state index contributed by atoms with van der Waals surface area (Å²) in [5.74, 6) is -0.617. The number of nitrogens with zero attached hydrogens (tertiary/aromatic N) is 1. The third-order valence-corrected chi connectivity index (χ3v) is 6.98. The number of ketones is 2. The summed E-state index contributed by atoms with van der Waals surface area (Å²) in [6.45, 7) is 1.56. The van der Waals surface area contributed by atoms with E-state index in [9.17, 15) is 18.0 Å². The molecule has 0 amide bonds. The van der Waals surface area contributed by atoms with Crippen LogP contribution in [0.4, 0.5) is 0 Å². The SMILES string of the molecule is O=C1c2ccccc2C(=O)c2cc(S(=O)(=O)N(CC3CO3)CC3CO3)ccc21. The molecule has 0 N–H and O–H groups in total. The Bertz CT molecular complexity index is 1090. The van der Waals surface area contributed by atoms with E-state index in [0.717, 1.165) is 0 Å². The van der Waals surface area contributed by atoms with Crippen LogP contribution in [0.15, 0.2) is 47.4 Å². The van der Waals surface area contributed by atoms with Crippen molar-refractivity contribution in [3.05, 3.63) is 64.7 Å². The van der Waals surface area contributed by atoms with Crippen molar-refractivity contribution in [2.75, 3.05) is 26.3 Å². The van der Waals surface area contributed by atoms with Crippen LogP contribution in [0, 0.1) is 0 Å². The van der Waals surface area contributed by atoms with Gasteiger partial charge >= 0.3 is 0 Å². The molecule has 0 saturated carbocycles. The van der Waals surface area contributed by atoms with E-state index >= 15 is 0 Å². The Morgan fingerprint density at radius 2 is 1.32 bits per heavy atom. The number of epoxide rings is 2. The second-order valence-electron chi connectivity index (χ2n) is 7.14. The molecule has 144 valence electrons. The molecule has 7 nitrogen and oxygen atoms in total. The molecule has 2 fully saturated rings. The predicted octanol–water partition coefficient (Wildman–Crippen LogP) is 1.25. The van der Waals surface area contributed by atoms with Crippen molar-refractivity contribution < 1.29 is 27.5 Å². The minimum atomic E-state index is -3.85. The minimum absolute atomic E-state index is 0.00641. The summed E-state index contributed by atoms with van der Waals surface area (Å²) >= 11 is 0. The maximum absolute atomic E-state index is 13.2. The van der Waals surface area contributed by atoms with Gasteiger partial charge in [0.1, 0.15) is 0 Å². The molecule has 0 radical (unpaired) electrons. The third kappa shape index (κ3) is 2.98. The van der Waals surface area contributed by atoms with Crippen LogP contribution in [0.25, 0.3) is 0 Å². The number of hydrogen-bond donors (Lipinski definition) is 0. The number of hydrogen-bond acceptors (Lipinski definition) is 6.